The van der Waals surface area contributed by atoms with Gasteiger partial charge >= 0.3 is 0 Å². The number of benzene rings is 8. The van der Waals surface area contributed by atoms with Crippen LogP contribution in [0.1, 0.15) is 228 Å². The molecule has 0 amide bonds. The molecular formula is C100H129N9O4. The summed E-state index contributed by atoms with van der Waals surface area (Å²) in [5.74, 6) is 2.64. The molecule has 4 fully saturated rings. The van der Waals surface area contributed by atoms with E-state index in [0.29, 0.717) is 47.8 Å². The first-order valence-corrected chi connectivity index (χ1v) is 44.4. The number of likely N-dealkylation sites (N-methyl/N-ethyl adjacent to an activating group) is 1. The third kappa shape index (κ3) is 16.8. The monoisotopic (exact) mass is 1520 g/mol. The maximum absolute atomic E-state index is 10.5. The van der Waals surface area contributed by atoms with Crippen LogP contribution in [0, 0.1) is 27.7 Å². The van der Waals surface area contributed by atoms with E-state index in [-0.39, 0.29) is 24.4 Å². The minimum atomic E-state index is -0.344. The van der Waals surface area contributed by atoms with Crippen molar-refractivity contribution in [2.75, 3.05) is 143 Å². The molecule has 12 heterocycles. The Balaban J connectivity index is 0.000000109. The molecule has 0 spiro atoms. The second-order valence-corrected chi connectivity index (χ2v) is 36.1. The normalized spacial score (nSPS) is 24.6. The highest BCUT2D eigenvalue weighted by molar-refractivity contribution is 5.81. The highest BCUT2D eigenvalue weighted by Gasteiger charge is 2.48. The molecule has 13 heteroatoms. The number of hydrogen-bond donors (Lipinski definition) is 4. The number of rotatable bonds is 20. The van der Waals surface area contributed by atoms with Gasteiger partial charge in [0, 0.05) is 157 Å². The van der Waals surface area contributed by atoms with E-state index >= 15 is 0 Å². The molecule has 13 nitrogen and oxygen atoms in total. The number of nitrogens with zero attached hydrogens (tertiary/aromatic N) is 9. The Bertz CT molecular complexity index is 4160. The predicted molar refractivity (Wildman–Crippen MR) is 465 cm³/mol. The standard InChI is InChI=1S/C25H33N3O.3C25H32N2O/c1-18-8-10-19(11-9-18)24(29)7-4-13-27-14-12-22-21(17-27)20-5-3-6-23-25(20)28(22)16-15-26(23)2;3*1-18-9-11-19(12-10-18)24(28)8-4-14-26-16-13-23-22(17-26)21-7-2-5-20-6-3-15-27(23)25(20)21/h3,5-6,8-11,21-22,24,29H,4,7,12-17H2,1-2H3;3*2,5,7,9-12,22-24,28H,3-4,6,8,13-17H2,1H3/t21-,22-,24?;22-,23-,24?;22-,23-,24+;22-,23-,24-/m0000/s1. The van der Waals surface area contributed by atoms with Crippen LogP contribution < -0.4 is 24.5 Å². The number of piperidine rings is 4. The zero-order valence-corrected chi connectivity index (χ0v) is 68.7. The summed E-state index contributed by atoms with van der Waals surface area (Å²) in [6.45, 7) is 28.2. The van der Waals surface area contributed by atoms with Crippen molar-refractivity contribution in [1.82, 2.24) is 19.6 Å². The predicted octanol–water partition coefficient (Wildman–Crippen LogP) is 17.2. The molecule has 113 heavy (non-hydrogen) atoms. The van der Waals surface area contributed by atoms with Gasteiger partial charge in [0.25, 0.3) is 0 Å². The molecule has 12 atom stereocenters. The third-order valence-electron chi connectivity index (χ3n) is 28.8. The molecule has 4 saturated heterocycles. The van der Waals surface area contributed by atoms with Gasteiger partial charge in [0.2, 0.25) is 0 Å². The summed E-state index contributed by atoms with van der Waals surface area (Å²) in [6, 6.07) is 63.9. The molecular weight excluding hydrogens is 1390 g/mol. The number of fused-ring (bicyclic) bond motifs is 12. The molecule has 12 aliphatic rings. The Morgan fingerprint density at radius 1 is 0.301 bits per heavy atom. The van der Waals surface area contributed by atoms with Crippen molar-refractivity contribution in [3.8, 4) is 0 Å². The minimum Gasteiger partial charge on any atom is -0.388 e. The van der Waals surface area contributed by atoms with Gasteiger partial charge in [-0.15, -0.1) is 0 Å². The Labute approximate surface area is 676 Å². The van der Waals surface area contributed by atoms with Crippen molar-refractivity contribution in [2.45, 2.75) is 216 Å². The van der Waals surface area contributed by atoms with E-state index in [1.54, 1.807) is 56.0 Å². The summed E-state index contributed by atoms with van der Waals surface area (Å²) in [5.41, 5.74) is 27.9. The van der Waals surface area contributed by atoms with Crippen LogP contribution in [-0.2, 0) is 19.3 Å². The summed E-state index contributed by atoms with van der Waals surface area (Å²) >= 11 is 0. The maximum atomic E-state index is 10.5. The van der Waals surface area contributed by atoms with Crippen molar-refractivity contribution < 1.29 is 20.4 Å². The van der Waals surface area contributed by atoms with Crippen molar-refractivity contribution in [3.63, 3.8) is 0 Å². The van der Waals surface area contributed by atoms with E-state index in [2.05, 4.69) is 249 Å². The molecule has 2 unspecified atom stereocenters. The fourth-order valence-electron chi connectivity index (χ4n) is 22.7. The van der Waals surface area contributed by atoms with Crippen LogP contribution in [0.5, 0.6) is 0 Å². The van der Waals surface area contributed by atoms with Gasteiger partial charge in [-0.3, -0.25) is 0 Å². The molecule has 8 aromatic rings. The summed E-state index contributed by atoms with van der Waals surface area (Å²) < 4.78 is 0. The quantitative estimate of drug-likeness (QED) is 0.0582. The number of likely N-dealkylation sites (tertiary alicyclic amines) is 4. The van der Waals surface area contributed by atoms with Gasteiger partial charge in [-0.25, -0.2) is 0 Å². The lowest BCUT2D eigenvalue weighted by molar-refractivity contribution is 0.144. The molecule has 0 saturated carbocycles. The van der Waals surface area contributed by atoms with Gasteiger partial charge in [-0.1, -0.05) is 186 Å². The molecule has 12 aliphatic heterocycles. The first-order valence-electron chi connectivity index (χ1n) is 44.4. The summed E-state index contributed by atoms with van der Waals surface area (Å²) in [5, 5.41) is 42.0. The zero-order chi connectivity index (χ0) is 77.2. The van der Waals surface area contributed by atoms with Gasteiger partial charge < -0.3 is 64.5 Å². The smallest absolute Gasteiger partial charge is 0.0790 e. The van der Waals surface area contributed by atoms with Crippen LogP contribution in [-0.4, -0.2) is 183 Å². The number of aliphatic hydroxyl groups excluding tert-OH is 4. The summed E-state index contributed by atoms with van der Waals surface area (Å²) in [4.78, 5) is 23.9. The fourth-order valence-corrected chi connectivity index (χ4v) is 22.7. The van der Waals surface area contributed by atoms with Gasteiger partial charge in [-0.05, 0) is 237 Å². The average Bonchev–Trinajstić information content (AvgIpc) is 1.60. The lowest BCUT2D eigenvalue weighted by atomic mass is 9.88. The Morgan fingerprint density at radius 3 is 0.858 bits per heavy atom. The number of hydrogen-bond acceptors (Lipinski definition) is 13. The van der Waals surface area contributed by atoms with Crippen molar-refractivity contribution in [1.29, 1.82) is 0 Å². The lowest BCUT2D eigenvalue weighted by Gasteiger charge is -2.41. The van der Waals surface area contributed by atoms with Crippen LogP contribution in [0.25, 0.3) is 0 Å². The molecule has 4 N–H and O–H groups in total. The van der Waals surface area contributed by atoms with Crippen LogP contribution in [0.3, 0.4) is 0 Å². The highest BCUT2D eigenvalue weighted by atomic mass is 16.3. The third-order valence-corrected chi connectivity index (χ3v) is 28.8. The number of para-hydroxylation sites is 4. The first-order chi connectivity index (χ1) is 55.2. The fraction of sp³-hybridized carbons (Fsp3) is 0.520. The van der Waals surface area contributed by atoms with Crippen molar-refractivity contribution >= 4 is 28.4 Å². The van der Waals surface area contributed by atoms with E-state index in [1.807, 2.05) is 0 Å². The second-order valence-electron chi connectivity index (χ2n) is 36.1. The largest absolute Gasteiger partial charge is 0.388 e. The number of aliphatic hydroxyl groups is 4. The molecule has 0 aliphatic carbocycles. The number of aryl methyl sites for hydroxylation is 7. The van der Waals surface area contributed by atoms with E-state index in [1.165, 1.54) is 163 Å². The van der Waals surface area contributed by atoms with Crippen LogP contribution >= 0.6 is 0 Å². The van der Waals surface area contributed by atoms with Crippen LogP contribution in [0.15, 0.2) is 170 Å². The molecule has 8 aromatic carbocycles. The first kappa shape index (κ1) is 78.0. The summed E-state index contributed by atoms with van der Waals surface area (Å²) in [7, 11) is 2.22. The molecule has 20 rings (SSSR count). The maximum Gasteiger partial charge on any atom is 0.0790 e. The van der Waals surface area contributed by atoms with Gasteiger partial charge in [0.1, 0.15) is 0 Å². The highest BCUT2D eigenvalue weighted by Crippen LogP contribution is 2.54. The topological polar surface area (TPSA) is 110 Å². The van der Waals surface area contributed by atoms with Gasteiger partial charge in [-0.2, -0.15) is 0 Å². The second kappa shape index (κ2) is 35.1. The van der Waals surface area contributed by atoms with E-state index in [4.69, 9.17) is 0 Å². The molecule has 598 valence electrons. The SMILES string of the molecule is Cc1ccc(C(O)CCCN2CC[C@H]3[C@@H](C2)c2cccc4c2N3CCC4)cc1.Cc1ccc(C(O)CCCN2CC[C@H]3[C@@H](C2)c2cccc4c2N3CCN4C)cc1.Cc1ccc([C@@H](O)CCCN2CC[C@H]3[C@@H](C2)c2cccc4c2N3CCC4)cc1.Cc1ccc([C@H](O)CCCN2CC[C@H]3[C@@H](C2)c2cccc4c2N3CCC4)cc1. The Hall–Kier alpha value is -7.56. The van der Waals surface area contributed by atoms with Crippen LogP contribution in [0.4, 0.5) is 28.4 Å². The van der Waals surface area contributed by atoms with Crippen LogP contribution in [0.2, 0.25) is 0 Å². The lowest BCUT2D eigenvalue weighted by Crippen LogP contribution is -2.49. The summed E-state index contributed by atoms with van der Waals surface area (Å²) in [6.07, 6.45) is 19.0. The van der Waals surface area contributed by atoms with E-state index in [0.717, 1.165) is 119 Å². The average molecular weight is 1520 g/mol. The molecule has 0 radical (unpaired) electrons. The molecule has 0 aromatic heterocycles. The Morgan fingerprint density at radius 2 is 0.566 bits per heavy atom. The van der Waals surface area contributed by atoms with E-state index in [9.17, 15) is 20.4 Å². The minimum absolute atomic E-state index is 0.336. The number of anilines is 5. The molecule has 0 bridgehead atoms. The van der Waals surface area contributed by atoms with Gasteiger partial charge in [0.15, 0.2) is 0 Å². The van der Waals surface area contributed by atoms with E-state index < -0.39 is 0 Å². The van der Waals surface area contributed by atoms with Crippen molar-refractivity contribution in [3.05, 3.63) is 253 Å². The Kier molecular flexibility index (Phi) is 24.2. The zero-order valence-electron chi connectivity index (χ0n) is 68.7. The van der Waals surface area contributed by atoms with Gasteiger partial charge in [0.05, 0.1) is 35.8 Å². The van der Waals surface area contributed by atoms with Crippen molar-refractivity contribution in [2.24, 2.45) is 0 Å².